The van der Waals surface area contributed by atoms with Gasteiger partial charge in [0.05, 0.1) is 22.8 Å². The second kappa shape index (κ2) is 7.70. The summed E-state index contributed by atoms with van der Waals surface area (Å²) in [6, 6.07) is 0. The molecule has 1 atom stereocenters. The van der Waals surface area contributed by atoms with Gasteiger partial charge < -0.3 is 10.2 Å². The third kappa shape index (κ3) is 4.08. The van der Waals surface area contributed by atoms with Crippen LogP contribution < -0.4 is 5.32 Å². The molecule has 0 saturated carbocycles. The lowest BCUT2D eigenvalue weighted by atomic mass is 9.93. The van der Waals surface area contributed by atoms with Crippen molar-refractivity contribution in [2.24, 2.45) is 5.92 Å². The van der Waals surface area contributed by atoms with Gasteiger partial charge in [0.25, 0.3) is 0 Å². The van der Waals surface area contributed by atoms with Crippen LogP contribution in [-0.2, 0) is 17.6 Å². The number of thiazole rings is 1. The number of rotatable bonds is 5. The fraction of sp³-hybridized carbons (Fsp3) is 0.529. The number of nitrogens with zero attached hydrogens (tertiary/aromatic N) is 4. The second-order valence-electron chi connectivity index (χ2n) is 6.19. The minimum absolute atomic E-state index is 0.179. The topological polar surface area (TPSA) is 71.0 Å². The SMILES string of the molecule is CNc1nccnc1C[C@@H]1CCCN(C(=O)Cc2csc(C)n2)C1. The number of likely N-dealkylation sites (tertiary alicyclic amines) is 1. The summed E-state index contributed by atoms with van der Waals surface area (Å²) in [5.41, 5.74) is 1.87. The summed E-state index contributed by atoms with van der Waals surface area (Å²) >= 11 is 1.60. The van der Waals surface area contributed by atoms with E-state index in [2.05, 4.69) is 20.3 Å². The van der Waals surface area contributed by atoms with E-state index < -0.39 is 0 Å². The number of amides is 1. The molecule has 6 nitrogen and oxygen atoms in total. The molecule has 1 aliphatic rings. The van der Waals surface area contributed by atoms with Crippen LogP contribution in [0.1, 0.15) is 29.2 Å². The monoisotopic (exact) mass is 345 g/mol. The molecule has 1 fully saturated rings. The zero-order chi connectivity index (χ0) is 16.9. The van der Waals surface area contributed by atoms with Gasteiger partial charge in [0.15, 0.2) is 0 Å². The maximum absolute atomic E-state index is 12.5. The Labute approximate surface area is 146 Å². The fourth-order valence-electron chi connectivity index (χ4n) is 3.21. The summed E-state index contributed by atoms with van der Waals surface area (Å²) in [6.45, 7) is 3.61. The highest BCUT2D eigenvalue weighted by Crippen LogP contribution is 2.23. The van der Waals surface area contributed by atoms with E-state index in [4.69, 9.17) is 0 Å². The molecule has 0 unspecified atom stereocenters. The van der Waals surface area contributed by atoms with Crippen molar-refractivity contribution in [3.63, 3.8) is 0 Å². The van der Waals surface area contributed by atoms with E-state index >= 15 is 0 Å². The maximum Gasteiger partial charge on any atom is 0.228 e. The van der Waals surface area contributed by atoms with E-state index in [1.807, 2.05) is 24.3 Å². The van der Waals surface area contributed by atoms with Crippen molar-refractivity contribution in [2.75, 3.05) is 25.5 Å². The first-order valence-electron chi connectivity index (χ1n) is 8.32. The molecule has 128 valence electrons. The Morgan fingerprint density at radius 3 is 3.00 bits per heavy atom. The molecule has 1 amide bonds. The molecule has 3 rings (SSSR count). The number of hydrogen-bond acceptors (Lipinski definition) is 6. The predicted molar refractivity (Wildman–Crippen MR) is 95.1 cm³/mol. The Morgan fingerprint density at radius 1 is 1.42 bits per heavy atom. The van der Waals surface area contributed by atoms with Crippen LogP contribution in [0.15, 0.2) is 17.8 Å². The molecule has 0 aliphatic carbocycles. The maximum atomic E-state index is 12.5. The molecule has 24 heavy (non-hydrogen) atoms. The van der Waals surface area contributed by atoms with Gasteiger partial charge in [-0.15, -0.1) is 11.3 Å². The van der Waals surface area contributed by atoms with Crippen LogP contribution in [0.4, 0.5) is 5.82 Å². The molecular weight excluding hydrogens is 322 g/mol. The molecule has 7 heteroatoms. The smallest absolute Gasteiger partial charge is 0.228 e. The van der Waals surface area contributed by atoms with Gasteiger partial charge in [-0.3, -0.25) is 9.78 Å². The highest BCUT2D eigenvalue weighted by atomic mass is 32.1. The predicted octanol–water partition coefficient (Wildman–Crippen LogP) is 2.31. The van der Waals surface area contributed by atoms with Crippen LogP contribution in [0.25, 0.3) is 0 Å². The number of nitrogens with one attached hydrogen (secondary N) is 1. The third-order valence-corrected chi connectivity index (χ3v) is 5.19. The van der Waals surface area contributed by atoms with Gasteiger partial charge in [-0.2, -0.15) is 0 Å². The summed E-state index contributed by atoms with van der Waals surface area (Å²) in [4.78, 5) is 27.7. The van der Waals surface area contributed by atoms with Crippen molar-refractivity contribution in [2.45, 2.75) is 32.6 Å². The van der Waals surface area contributed by atoms with Crippen molar-refractivity contribution < 1.29 is 4.79 Å². The summed E-state index contributed by atoms with van der Waals surface area (Å²) in [5.74, 6) is 1.44. The Bertz CT molecular complexity index is 702. The highest BCUT2D eigenvalue weighted by Gasteiger charge is 2.25. The standard InChI is InChI=1S/C17H23N5OS/c1-12-21-14(11-24-12)9-16(23)22-7-3-4-13(10-22)8-15-17(18-2)20-6-5-19-15/h5-6,11,13H,3-4,7-10H2,1-2H3,(H,18,20)/t13-/m0/s1. The average molecular weight is 345 g/mol. The van der Waals surface area contributed by atoms with Gasteiger partial charge in [0.1, 0.15) is 5.82 Å². The number of hydrogen-bond donors (Lipinski definition) is 1. The van der Waals surface area contributed by atoms with Crippen LogP contribution in [0.2, 0.25) is 0 Å². The minimum Gasteiger partial charge on any atom is -0.372 e. The molecule has 2 aromatic rings. The van der Waals surface area contributed by atoms with E-state index in [0.717, 1.165) is 54.6 Å². The van der Waals surface area contributed by atoms with Gasteiger partial charge in [0, 0.05) is 37.9 Å². The number of aromatic nitrogens is 3. The first-order chi connectivity index (χ1) is 11.7. The van der Waals surface area contributed by atoms with E-state index in [9.17, 15) is 4.79 Å². The van der Waals surface area contributed by atoms with Gasteiger partial charge >= 0.3 is 0 Å². The van der Waals surface area contributed by atoms with Crippen LogP contribution in [0.5, 0.6) is 0 Å². The van der Waals surface area contributed by atoms with Crippen LogP contribution in [-0.4, -0.2) is 45.9 Å². The number of piperidine rings is 1. The Balaban J connectivity index is 1.60. The Kier molecular flexibility index (Phi) is 5.40. The first-order valence-corrected chi connectivity index (χ1v) is 9.20. The number of carbonyl (C=O) groups excluding carboxylic acids is 1. The Hall–Kier alpha value is -2.02. The van der Waals surface area contributed by atoms with Gasteiger partial charge in [-0.05, 0) is 32.1 Å². The van der Waals surface area contributed by atoms with Crippen LogP contribution in [0, 0.1) is 12.8 Å². The fourth-order valence-corrected chi connectivity index (χ4v) is 3.83. The normalized spacial score (nSPS) is 17.8. The van der Waals surface area contributed by atoms with Gasteiger partial charge in [-0.1, -0.05) is 0 Å². The number of anilines is 1. The largest absolute Gasteiger partial charge is 0.372 e. The third-order valence-electron chi connectivity index (χ3n) is 4.36. The minimum atomic E-state index is 0.179. The van der Waals surface area contributed by atoms with Gasteiger partial charge in [-0.25, -0.2) is 9.97 Å². The summed E-state index contributed by atoms with van der Waals surface area (Å²) in [6.07, 6.45) is 6.85. The molecule has 2 aromatic heterocycles. The van der Waals surface area contributed by atoms with E-state index in [0.29, 0.717) is 12.3 Å². The van der Waals surface area contributed by atoms with Crippen molar-refractivity contribution in [3.8, 4) is 0 Å². The average Bonchev–Trinajstić information content (AvgIpc) is 3.00. The molecule has 1 aliphatic heterocycles. The summed E-state index contributed by atoms with van der Waals surface area (Å²) < 4.78 is 0. The lowest BCUT2D eigenvalue weighted by Crippen LogP contribution is -2.41. The zero-order valence-corrected chi connectivity index (χ0v) is 15.0. The highest BCUT2D eigenvalue weighted by molar-refractivity contribution is 7.09. The van der Waals surface area contributed by atoms with Crippen LogP contribution in [0.3, 0.4) is 0 Å². The lowest BCUT2D eigenvalue weighted by Gasteiger charge is -2.32. The quantitative estimate of drug-likeness (QED) is 0.900. The van der Waals surface area contributed by atoms with Crippen molar-refractivity contribution in [3.05, 3.63) is 34.2 Å². The van der Waals surface area contributed by atoms with E-state index in [1.165, 1.54) is 0 Å². The molecule has 3 heterocycles. The molecule has 0 radical (unpaired) electrons. The number of carbonyl (C=O) groups is 1. The molecule has 1 saturated heterocycles. The summed E-state index contributed by atoms with van der Waals surface area (Å²) in [5, 5.41) is 6.08. The number of aryl methyl sites for hydroxylation is 1. The molecule has 0 spiro atoms. The molecule has 0 aromatic carbocycles. The molecule has 0 bridgehead atoms. The second-order valence-corrected chi connectivity index (χ2v) is 7.25. The molecular formula is C17H23N5OS. The molecule has 1 N–H and O–H groups in total. The Morgan fingerprint density at radius 2 is 2.25 bits per heavy atom. The van der Waals surface area contributed by atoms with E-state index in [-0.39, 0.29) is 5.91 Å². The zero-order valence-electron chi connectivity index (χ0n) is 14.2. The van der Waals surface area contributed by atoms with Gasteiger partial charge in [0.2, 0.25) is 5.91 Å². The van der Waals surface area contributed by atoms with Crippen molar-refractivity contribution in [1.29, 1.82) is 0 Å². The van der Waals surface area contributed by atoms with Crippen LogP contribution >= 0.6 is 11.3 Å². The van der Waals surface area contributed by atoms with Crippen molar-refractivity contribution in [1.82, 2.24) is 19.9 Å². The first kappa shape index (κ1) is 16.8. The lowest BCUT2D eigenvalue weighted by molar-refractivity contribution is -0.132. The van der Waals surface area contributed by atoms with E-state index in [1.54, 1.807) is 23.7 Å². The van der Waals surface area contributed by atoms with Crippen molar-refractivity contribution >= 4 is 23.1 Å². The summed E-state index contributed by atoms with van der Waals surface area (Å²) in [7, 11) is 1.86.